The lowest BCUT2D eigenvalue weighted by atomic mass is 9.95. The molecule has 20 rings (SSSR count). The Morgan fingerprint density at radius 2 is 0.631 bits per heavy atom. The maximum atomic E-state index is 8.27. The van der Waals surface area contributed by atoms with Crippen molar-refractivity contribution in [1.82, 2.24) is 19.9 Å². The molecule has 0 spiro atoms. The fourth-order valence-electron chi connectivity index (χ4n) is 16.1. The molecule has 0 unspecified atom stereocenters. The van der Waals surface area contributed by atoms with Crippen LogP contribution in [-0.4, -0.2) is 19.9 Å². The number of nitrogens with zero attached hydrogens (tertiary/aromatic N) is 8. The third-order valence-electron chi connectivity index (χ3n) is 21.5. The first-order chi connectivity index (χ1) is 61.9. The van der Waals surface area contributed by atoms with E-state index in [-0.39, 0.29) is 33.4 Å². The highest BCUT2D eigenvalue weighted by molar-refractivity contribution is 6.24. The van der Waals surface area contributed by atoms with Gasteiger partial charge in [-0.05, 0) is 192 Å². The van der Waals surface area contributed by atoms with E-state index in [2.05, 4.69) is 26.0 Å². The molecule has 12 heteroatoms. The van der Waals surface area contributed by atoms with E-state index < -0.39 is 48.0 Å². The minimum Gasteiger partial charge on any atom is -0.437 e. The first kappa shape index (κ1) is 50.8. The summed E-state index contributed by atoms with van der Waals surface area (Å²) in [5.74, 6) is 0. The van der Waals surface area contributed by atoms with Gasteiger partial charge in [0.2, 0.25) is 45.6 Å². The summed E-state index contributed by atoms with van der Waals surface area (Å²) in [5, 5.41) is 12.1. The number of hydrogen-bond donors (Lipinski definition) is 0. The predicted octanol–water partition coefficient (Wildman–Crippen LogP) is 23.1. The molecule has 0 amide bonds. The molecule has 0 saturated heterocycles. The highest BCUT2D eigenvalue weighted by Crippen LogP contribution is 2.47. The molecular weight excluding hydrogens is 1370 g/mol. The number of aromatic nitrogens is 8. The summed E-state index contributed by atoms with van der Waals surface area (Å²) in [5.41, 5.74) is 17.5. The van der Waals surface area contributed by atoms with Crippen molar-refractivity contribution < 1.29 is 64.7 Å². The molecule has 12 aromatic heterocycles. The van der Waals surface area contributed by atoms with Gasteiger partial charge in [0.1, 0.15) is 28.2 Å². The van der Waals surface area contributed by atoms with Gasteiger partial charge >= 0.3 is 0 Å². The standard InChI is InChI=1S/C26H25N2O.C25H23N2O.2C24H21N2O/c1-14-12-21(28(6)13-17(14)4)22-15(2)11-16(3)23-24-20-10-8-7-9-19(20)18(5)27-26(24)29-25(22)23;1-14-11-20(27(5)13-17(14)4)21-15(2)10-16(3)22-23-19-9-7-6-8-18(19)12-26-25(23)28-24(21)22;1-14-9-10-19(26(4)13-14)20-15(2)11-16(3)21-22-18-8-6-5-7-17(18)12-25-24(22)27-23(20)21;1-14-9-10-26(4)19(11-14)20-15(2)12-16(3)21-22-18-8-6-5-7-17(18)13-25-24(22)27-23(20)21/h7-13H,1-6H3;6-13H,1-5H3;2*5-13H,1-4H3/q4*+1/i2*3D3,4D3;1D3,3D3;3D3. The van der Waals surface area contributed by atoms with E-state index in [4.69, 9.17) is 46.5 Å². The van der Waals surface area contributed by atoms with E-state index in [1.807, 2.05) is 175 Å². The Kier molecular flexibility index (Phi) is 12.5. The van der Waals surface area contributed by atoms with Crippen molar-refractivity contribution in [3.8, 4) is 45.0 Å². The van der Waals surface area contributed by atoms with E-state index in [0.717, 1.165) is 105 Å². The number of aryl methyl sites for hydroxylation is 19. The summed E-state index contributed by atoms with van der Waals surface area (Å²) in [6, 6.07) is 48.9. The van der Waals surface area contributed by atoms with Gasteiger partial charge in [0.05, 0.1) is 43.8 Å². The van der Waals surface area contributed by atoms with E-state index in [9.17, 15) is 0 Å². The van der Waals surface area contributed by atoms with Crippen molar-refractivity contribution in [1.29, 1.82) is 0 Å². The second kappa shape index (κ2) is 27.4. The van der Waals surface area contributed by atoms with Crippen LogP contribution < -0.4 is 18.3 Å². The Balaban J connectivity index is 0.000000123. The molecule has 0 atom stereocenters. The van der Waals surface area contributed by atoms with Gasteiger partial charge in [-0.2, -0.15) is 0 Å². The fraction of sp³-hybridized carbons (Fsp3) is 0.192. The molecule has 12 nitrogen and oxygen atoms in total. The monoisotopic (exact) mass is 1480 g/mol. The van der Waals surface area contributed by atoms with Crippen molar-refractivity contribution >= 4 is 131 Å². The topological polar surface area (TPSA) is 120 Å². The van der Waals surface area contributed by atoms with Gasteiger partial charge in [-0.1, -0.05) is 121 Å². The lowest BCUT2D eigenvalue weighted by Gasteiger charge is -2.09. The number of rotatable bonds is 4. The van der Waals surface area contributed by atoms with E-state index in [1.165, 1.54) is 0 Å². The Morgan fingerprint density at radius 3 is 1.03 bits per heavy atom. The Hall–Kier alpha value is -12.8. The lowest BCUT2D eigenvalue weighted by molar-refractivity contribution is -0.660. The summed E-state index contributed by atoms with van der Waals surface area (Å²) in [7, 11) is 7.31. The normalized spacial score (nSPS) is 15.3. The molecule has 111 heavy (non-hydrogen) atoms. The highest BCUT2D eigenvalue weighted by Gasteiger charge is 2.30. The molecule has 12 heterocycles. The Bertz CT molecular complexity index is 8210. The number of hydrogen-bond acceptors (Lipinski definition) is 8. The zero-order valence-electron chi connectivity index (χ0n) is 84.3. The Morgan fingerprint density at radius 1 is 0.279 bits per heavy atom. The summed E-state index contributed by atoms with van der Waals surface area (Å²) in [6.07, 6.45) is 12.0. The molecule has 0 aliphatic heterocycles. The molecular formula is C99H90N8O4+4. The molecule has 0 saturated carbocycles. The van der Waals surface area contributed by atoms with Crippen LogP contribution in [0.15, 0.2) is 219 Å². The third-order valence-corrected chi connectivity index (χ3v) is 21.5. The quantitative estimate of drug-likeness (QED) is 0.160. The van der Waals surface area contributed by atoms with Crippen molar-refractivity contribution in [2.75, 3.05) is 0 Å². The second-order valence-electron chi connectivity index (χ2n) is 29.0. The molecule has 0 aliphatic carbocycles. The summed E-state index contributed by atoms with van der Waals surface area (Å²) in [4.78, 5) is 18.2. The van der Waals surface area contributed by atoms with Crippen LogP contribution in [0.2, 0.25) is 0 Å². The van der Waals surface area contributed by atoms with Crippen LogP contribution >= 0.6 is 0 Å². The summed E-state index contributed by atoms with van der Waals surface area (Å²) >= 11 is 0. The number of benzene rings is 8. The zero-order chi connectivity index (χ0) is 94.9. The lowest BCUT2D eigenvalue weighted by Crippen LogP contribution is -2.31. The van der Waals surface area contributed by atoms with E-state index in [0.29, 0.717) is 122 Å². The predicted molar refractivity (Wildman–Crippen MR) is 454 cm³/mol. The van der Waals surface area contributed by atoms with Gasteiger partial charge in [0, 0.05) is 143 Å². The smallest absolute Gasteiger partial charge is 0.228 e. The molecule has 0 N–H and O–H groups in total. The maximum Gasteiger partial charge on any atom is 0.228 e. The fourth-order valence-corrected chi connectivity index (χ4v) is 16.1. The molecule has 546 valence electrons. The van der Waals surface area contributed by atoms with Crippen LogP contribution in [-0.2, 0) is 28.2 Å². The van der Waals surface area contributed by atoms with Crippen molar-refractivity contribution in [2.45, 2.75) is 103 Å². The molecule has 0 bridgehead atoms. The molecule has 0 radical (unpaired) electrons. The van der Waals surface area contributed by atoms with Crippen molar-refractivity contribution in [3.63, 3.8) is 0 Å². The maximum absolute atomic E-state index is 8.27. The molecule has 0 fully saturated rings. The second-order valence-corrected chi connectivity index (χ2v) is 29.0. The van der Waals surface area contributed by atoms with Crippen molar-refractivity contribution in [3.05, 3.63) is 285 Å². The summed E-state index contributed by atoms with van der Waals surface area (Å²) < 4.78 is 201. The molecule has 8 aromatic carbocycles. The molecule has 20 aromatic rings. The van der Waals surface area contributed by atoms with Gasteiger partial charge in [0.25, 0.3) is 0 Å². The first-order valence-corrected chi connectivity index (χ1v) is 36.4. The average molecular weight is 1480 g/mol. The van der Waals surface area contributed by atoms with Crippen LogP contribution in [0, 0.1) is 103 Å². The number of furan rings is 4. The SMILES string of the molecule is [2H]C([2H])([2H])c1c[n+](C)c(-c2c(C)cc(C([2H])([2H])[2H])c3c2oc2nc(C)c4ccccc4c23)cc1C.[2H]C([2H])([2H])c1c[n+](C)c(-c2c(C)cc(C([2H])([2H])[2H])c3c2oc2ncc4ccccc4c23)cc1C.[2H]C([2H])([2H])c1cc(C)c(-c2cc(C)cc[n+]2C)c2oc3ncc4ccccc4c3c12.[2H]C([2H])([2H])c1ccc(-c2c(C)cc(C([2H])([2H])[2H])c3c2oc2ncc4ccccc4c23)[n+](C)c1. The van der Waals surface area contributed by atoms with Crippen LogP contribution in [0.5, 0.6) is 0 Å². The summed E-state index contributed by atoms with van der Waals surface area (Å²) in [6.45, 7) is -1.13. The van der Waals surface area contributed by atoms with Crippen LogP contribution in [0.1, 0.15) is 112 Å². The van der Waals surface area contributed by atoms with Gasteiger partial charge in [-0.15, -0.1) is 0 Å². The Labute approximate surface area is 674 Å². The average Bonchev–Trinajstić information content (AvgIpc) is 1.56. The largest absolute Gasteiger partial charge is 0.437 e. The zero-order valence-corrected chi connectivity index (χ0v) is 63.3. The highest BCUT2D eigenvalue weighted by atomic mass is 16.4. The minimum atomic E-state index is -2.37. The number of pyridine rings is 8. The van der Waals surface area contributed by atoms with E-state index in [1.54, 1.807) is 122 Å². The van der Waals surface area contributed by atoms with Gasteiger partial charge in [-0.3, -0.25) is 0 Å². The molecule has 0 aliphatic rings. The van der Waals surface area contributed by atoms with Gasteiger partial charge < -0.3 is 17.7 Å². The first-order valence-electron chi connectivity index (χ1n) is 46.9. The minimum absolute atomic E-state index is 0.206. The van der Waals surface area contributed by atoms with Crippen LogP contribution in [0.3, 0.4) is 0 Å². The van der Waals surface area contributed by atoms with Crippen LogP contribution in [0.25, 0.3) is 176 Å². The van der Waals surface area contributed by atoms with Crippen LogP contribution in [0.4, 0.5) is 0 Å². The van der Waals surface area contributed by atoms with E-state index >= 15 is 0 Å². The third kappa shape index (κ3) is 11.9. The van der Waals surface area contributed by atoms with Gasteiger partial charge in [-0.25, -0.2) is 38.2 Å². The van der Waals surface area contributed by atoms with Gasteiger partial charge in [0.15, 0.2) is 47.1 Å². The van der Waals surface area contributed by atoms with Crippen molar-refractivity contribution in [2.24, 2.45) is 28.2 Å². The number of fused-ring (bicyclic) bond motifs is 20.